The zero-order valence-corrected chi connectivity index (χ0v) is 7.97. The molecule has 0 heterocycles. The Hall–Kier alpha value is -1.43. The summed E-state index contributed by atoms with van der Waals surface area (Å²) in [5.74, 6) is -0.183. The second kappa shape index (κ2) is 4.39. The van der Waals surface area contributed by atoms with Crippen molar-refractivity contribution in [3.63, 3.8) is 0 Å². The molecule has 0 radical (unpaired) electrons. The van der Waals surface area contributed by atoms with E-state index in [-0.39, 0.29) is 18.2 Å². The molecule has 0 amide bonds. The van der Waals surface area contributed by atoms with Crippen LogP contribution < -0.4 is 15.2 Å². The first kappa shape index (κ1) is 11.6. The van der Waals surface area contributed by atoms with Gasteiger partial charge in [0.25, 0.3) is 0 Å². The van der Waals surface area contributed by atoms with Crippen LogP contribution in [0, 0.1) is 0 Å². The van der Waals surface area contributed by atoms with E-state index in [0.717, 1.165) is 6.07 Å². The Kier molecular flexibility index (Phi) is 3.41. The van der Waals surface area contributed by atoms with Crippen molar-refractivity contribution in [3.05, 3.63) is 23.8 Å². The van der Waals surface area contributed by atoms with Gasteiger partial charge >= 0.3 is 6.18 Å². The van der Waals surface area contributed by atoms with Crippen LogP contribution in [0.5, 0.6) is 11.5 Å². The predicted octanol–water partition coefficient (Wildman–Crippen LogP) is 2.01. The molecule has 0 aliphatic heterocycles. The van der Waals surface area contributed by atoms with Crippen molar-refractivity contribution in [2.24, 2.45) is 5.73 Å². The Bertz CT molecular complexity index is 339. The summed E-state index contributed by atoms with van der Waals surface area (Å²) in [6, 6.07) is 3.40. The van der Waals surface area contributed by atoms with Gasteiger partial charge in [-0.05, 0) is 18.2 Å². The number of rotatable bonds is 3. The summed E-state index contributed by atoms with van der Waals surface area (Å²) < 4.78 is 46.8. The van der Waals surface area contributed by atoms with E-state index in [9.17, 15) is 13.2 Å². The highest BCUT2D eigenvalue weighted by atomic mass is 19.4. The zero-order valence-electron chi connectivity index (χ0n) is 7.97. The summed E-state index contributed by atoms with van der Waals surface area (Å²) in [5, 5.41) is 0. The number of hydrogen-bond donors (Lipinski definition) is 1. The summed E-state index contributed by atoms with van der Waals surface area (Å²) in [4.78, 5) is 0. The average Bonchev–Trinajstić information content (AvgIpc) is 2.17. The summed E-state index contributed by atoms with van der Waals surface area (Å²) in [6.45, 7) is -0.177. The van der Waals surface area contributed by atoms with Gasteiger partial charge in [-0.25, -0.2) is 0 Å². The average molecular weight is 221 g/mol. The fourth-order valence-electron chi connectivity index (χ4n) is 1.09. The van der Waals surface area contributed by atoms with Gasteiger partial charge in [0.15, 0.2) is 0 Å². The molecule has 1 aromatic carbocycles. The van der Waals surface area contributed by atoms with Crippen LogP contribution in [-0.4, -0.2) is 13.8 Å². The molecule has 0 unspecified atom stereocenters. The second-order valence-corrected chi connectivity index (χ2v) is 2.67. The molecule has 1 aromatic rings. The normalized spacial score (nSPS) is 11.3. The fraction of sp³-hybridized carbons (Fsp3) is 0.333. The summed E-state index contributed by atoms with van der Waals surface area (Å²) >= 11 is 0. The van der Waals surface area contributed by atoms with Gasteiger partial charge in [0, 0.05) is 0 Å². The molecule has 0 saturated heterocycles. The first-order valence-corrected chi connectivity index (χ1v) is 4.07. The van der Waals surface area contributed by atoms with Crippen molar-refractivity contribution in [1.82, 2.24) is 0 Å². The lowest BCUT2D eigenvalue weighted by molar-refractivity contribution is -0.138. The van der Waals surface area contributed by atoms with E-state index in [1.807, 2.05) is 0 Å². The van der Waals surface area contributed by atoms with E-state index in [1.165, 1.54) is 19.2 Å². The van der Waals surface area contributed by atoms with Crippen LogP contribution in [0.2, 0.25) is 0 Å². The molecule has 0 saturated carbocycles. The minimum atomic E-state index is -4.47. The maximum atomic E-state index is 12.5. The van der Waals surface area contributed by atoms with Crippen molar-refractivity contribution < 1.29 is 22.6 Å². The van der Waals surface area contributed by atoms with E-state index in [0.29, 0.717) is 0 Å². The molecule has 2 N–H and O–H groups in total. The molecular weight excluding hydrogens is 211 g/mol. The highest BCUT2D eigenvalue weighted by molar-refractivity contribution is 5.42. The number of benzene rings is 1. The van der Waals surface area contributed by atoms with Gasteiger partial charge in [-0.1, -0.05) is 0 Å². The standard InChI is InChI=1S/C9H10F3NO2/c1-14-8-3-2-6(15-5-13)4-7(8)9(10,11)12/h2-4H,5,13H2,1H3. The van der Waals surface area contributed by atoms with E-state index in [2.05, 4.69) is 4.74 Å². The summed E-state index contributed by atoms with van der Waals surface area (Å²) in [7, 11) is 1.17. The Morgan fingerprint density at radius 1 is 1.33 bits per heavy atom. The van der Waals surface area contributed by atoms with Gasteiger partial charge in [-0.15, -0.1) is 0 Å². The van der Waals surface area contributed by atoms with Crippen molar-refractivity contribution >= 4 is 0 Å². The number of alkyl halides is 3. The SMILES string of the molecule is COc1ccc(OCN)cc1C(F)(F)F. The summed E-state index contributed by atoms with van der Waals surface area (Å²) in [5.41, 5.74) is 4.18. The van der Waals surface area contributed by atoms with Crippen LogP contribution in [-0.2, 0) is 6.18 Å². The van der Waals surface area contributed by atoms with E-state index < -0.39 is 11.7 Å². The number of hydrogen-bond acceptors (Lipinski definition) is 3. The molecule has 0 bridgehead atoms. The van der Waals surface area contributed by atoms with Crippen LogP contribution >= 0.6 is 0 Å². The molecular formula is C9H10F3NO2. The lowest BCUT2D eigenvalue weighted by atomic mass is 10.2. The highest BCUT2D eigenvalue weighted by Gasteiger charge is 2.34. The molecule has 15 heavy (non-hydrogen) atoms. The van der Waals surface area contributed by atoms with Crippen molar-refractivity contribution in [1.29, 1.82) is 0 Å². The van der Waals surface area contributed by atoms with Crippen LogP contribution in [0.3, 0.4) is 0 Å². The molecule has 0 fully saturated rings. The zero-order chi connectivity index (χ0) is 11.5. The number of nitrogens with two attached hydrogens (primary N) is 1. The van der Waals surface area contributed by atoms with Gasteiger partial charge in [-0.3, -0.25) is 5.73 Å². The quantitative estimate of drug-likeness (QED) is 0.794. The minimum Gasteiger partial charge on any atom is -0.496 e. The first-order chi connectivity index (χ1) is 6.99. The smallest absolute Gasteiger partial charge is 0.420 e. The first-order valence-electron chi connectivity index (χ1n) is 4.07. The third kappa shape index (κ3) is 2.76. The third-order valence-corrected chi connectivity index (χ3v) is 1.73. The van der Waals surface area contributed by atoms with Crippen molar-refractivity contribution in [3.8, 4) is 11.5 Å². The van der Waals surface area contributed by atoms with Gasteiger partial charge in [0.2, 0.25) is 0 Å². The molecule has 3 nitrogen and oxygen atoms in total. The van der Waals surface area contributed by atoms with Crippen molar-refractivity contribution in [2.75, 3.05) is 13.8 Å². The minimum absolute atomic E-state index is 0.0608. The summed E-state index contributed by atoms with van der Waals surface area (Å²) in [6.07, 6.45) is -4.47. The van der Waals surface area contributed by atoms with E-state index in [4.69, 9.17) is 10.5 Å². The van der Waals surface area contributed by atoms with Crippen LogP contribution in [0.4, 0.5) is 13.2 Å². The van der Waals surface area contributed by atoms with Crippen molar-refractivity contribution in [2.45, 2.75) is 6.18 Å². The predicted molar refractivity (Wildman–Crippen MR) is 47.7 cm³/mol. The lowest BCUT2D eigenvalue weighted by Crippen LogP contribution is -2.10. The lowest BCUT2D eigenvalue weighted by Gasteiger charge is -2.13. The number of ether oxygens (including phenoxy) is 2. The Morgan fingerprint density at radius 3 is 2.47 bits per heavy atom. The molecule has 6 heteroatoms. The maximum Gasteiger partial charge on any atom is 0.420 e. The largest absolute Gasteiger partial charge is 0.496 e. The molecule has 0 aliphatic rings. The molecule has 0 atom stereocenters. The molecule has 84 valence electrons. The van der Waals surface area contributed by atoms with Gasteiger partial charge in [-0.2, -0.15) is 13.2 Å². The van der Waals surface area contributed by atoms with Gasteiger partial charge in [0.1, 0.15) is 23.8 Å². The third-order valence-electron chi connectivity index (χ3n) is 1.73. The fourth-order valence-corrected chi connectivity index (χ4v) is 1.09. The highest BCUT2D eigenvalue weighted by Crippen LogP contribution is 2.38. The molecule has 0 aromatic heterocycles. The molecule has 0 spiro atoms. The molecule has 1 rings (SSSR count). The topological polar surface area (TPSA) is 44.5 Å². The number of halogens is 3. The van der Waals surface area contributed by atoms with Gasteiger partial charge in [0.05, 0.1) is 7.11 Å². The van der Waals surface area contributed by atoms with Gasteiger partial charge < -0.3 is 9.47 Å². The van der Waals surface area contributed by atoms with Crippen LogP contribution in [0.15, 0.2) is 18.2 Å². The molecule has 0 aliphatic carbocycles. The second-order valence-electron chi connectivity index (χ2n) is 2.67. The maximum absolute atomic E-state index is 12.5. The number of methoxy groups -OCH3 is 1. The monoisotopic (exact) mass is 221 g/mol. The van der Waals surface area contributed by atoms with Crippen LogP contribution in [0.25, 0.3) is 0 Å². The van der Waals surface area contributed by atoms with Crippen LogP contribution in [0.1, 0.15) is 5.56 Å². The Labute approximate surface area is 84.6 Å². The van der Waals surface area contributed by atoms with E-state index in [1.54, 1.807) is 0 Å². The Balaban J connectivity index is 3.13. The van der Waals surface area contributed by atoms with E-state index >= 15 is 0 Å². The Morgan fingerprint density at radius 2 is 2.00 bits per heavy atom.